The van der Waals surface area contributed by atoms with E-state index in [-0.39, 0.29) is 5.69 Å². The molecule has 0 spiro atoms. The average molecular weight is 178 g/mol. The van der Waals surface area contributed by atoms with Crippen LogP contribution >= 0.6 is 0 Å². The highest BCUT2D eigenvalue weighted by Crippen LogP contribution is 2.24. The zero-order valence-electron chi connectivity index (χ0n) is 7.03. The Balaban J connectivity index is 2.15. The van der Waals surface area contributed by atoms with Crippen LogP contribution in [0.2, 0.25) is 0 Å². The lowest BCUT2D eigenvalue weighted by atomic mass is 10.3. The SMILES string of the molecule is O=C(O)c1cc(NC2CC2)ccn1. The molecular formula is C9H10N2O2. The standard InChI is InChI=1S/C9H10N2O2/c12-9(13)8-5-7(3-4-10-8)11-6-1-2-6/h3-6H,1-2H2,(H,10,11)(H,12,13). The van der Waals surface area contributed by atoms with Gasteiger partial charge in [0.15, 0.2) is 0 Å². The number of nitrogens with zero attached hydrogens (tertiary/aromatic N) is 1. The molecule has 2 rings (SSSR count). The summed E-state index contributed by atoms with van der Waals surface area (Å²) in [7, 11) is 0. The number of hydrogen-bond acceptors (Lipinski definition) is 3. The van der Waals surface area contributed by atoms with Crippen LogP contribution in [0.1, 0.15) is 23.3 Å². The molecule has 13 heavy (non-hydrogen) atoms. The Morgan fingerprint density at radius 2 is 2.38 bits per heavy atom. The van der Waals surface area contributed by atoms with Gasteiger partial charge in [-0.3, -0.25) is 0 Å². The lowest BCUT2D eigenvalue weighted by molar-refractivity contribution is 0.0690. The van der Waals surface area contributed by atoms with Gasteiger partial charge in [0.25, 0.3) is 0 Å². The lowest BCUT2D eigenvalue weighted by Crippen LogP contribution is -2.04. The highest BCUT2D eigenvalue weighted by atomic mass is 16.4. The summed E-state index contributed by atoms with van der Waals surface area (Å²) < 4.78 is 0. The Morgan fingerprint density at radius 1 is 1.62 bits per heavy atom. The van der Waals surface area contributed by atoms with Crippen molar-refractivity contribution >= 4 is 11.7 Å². The summed E-state index contributed by atoms with van der Waals surface area (Å²) >= 11 is 0. The van der Waals surface area contributed by atoms with Crippen LogP contribution in [0.4, 0.5) is 5.69 Å². The average Bonchev–Trinajstić information content (AvgIpc) is 2.89. The first kappa shape index (κ1) is 8.04. The van der Waals surface area contributed by atoms with Crippen molar-refractivity contribution in [1.82, 2.24) is 4.98 Å². The fraction of sp³-hybridized carbons (Fsp3) is 0.333. The van der Waals surface area contributed by atoms with Gasteiger partial charge in [0.05, 0.1) is 0 Å². The molecular weight excluding hydrogens is 168 g/mol. The van der Waals surface area contributed by atoms with Crippen molar-refractivity contribution in [2.45, 2.75) is 18.9 Å². The molecule has 0 amide bonds. The molecule has 1 fully saturated rings. The molecule has 4 nitrogen and oxygen atoms in total. The number of carboxylic acid groups (broad SMARTS) is 1. The summed E-state index contributed by atoms with van der Waals surface area (Å²) in [6.07, 6.45) is 3.85. The van der Waals surface area contributed by atoms with Crippen molar-refractivity contribution in [2.75, 3.05) is 5.32 Å². The number of aromatic carboxylic acids is 1. The van der Waals surface area contributed by atoms with E-state index in [1.165, 1.54) is 19.0 Å². The van der Waals surface area contributed by atoms with Crippen molar-refractivity contribution in [3.8, 4) is 0 Å². The van der Waals surface area contributed by atoms with Gasteiger partial charge in [-0.05, 0) is 25.0 Å². The van der Waals surface area contributed by atoms with Crippen molar-refractivity contribution in [3.63, 3.8) is 0 Å². The molecule has 1 aliphatic carbocycles. The Morgan fingerprint density at radius 3 is 3.00 bits per heavy atom. The van der Waals surface area contributed by atoms with E-state index in [1.54, 1.807) is 12.1 Å². The van der Waals surface area contributed by atoms with E-state index in [0.717, 1.165) is 5.69 Å². The minimum atomic E-state index is -0.987. The number of hydrogen-bond donors (Lipinski definition) is 2. The third-order valence-corrected chi connectivity index (χ3v) is 1.93. The molecule has 1 saturated carbocycles. The topological polar surface area (TPSA) is 62.2 Å². The first-order valence-electron chi connectivity index (χ1n) is 4.21. The first-order chi connectivity index (χ1) is 6.25. The zero-order valence-corrected chi connectivity index (χ0v) is 7.03. The first-order valence-corrected chi connectivity index (χ1v) is 4.21. The van der Waals surface area contributed by atoms with Gasteiger partial charge in [0, 0.05) is 17.9 Å². The maximum atomic E-state index is 10.6. The van der Waals surface area contributed by atoms with Gasteiger partial charge in [-0.1, -0.05) is 0 Å². The second-order valence-corrected chi connectivity index (χ2v) is 3.15. The second kappa shape index (κ2) is 3.05. The van der Waals surface area contributed by atoms with E-state index < -0.39 is 5.97 Å². The molecule has 0 aliphatic heterocycles. The summed E-state index contributed by atoms with van der Waals surface area (Å²) in [4.78, 5) is 14.3. The van der Waals surface area contributed by atoms with Crippen LogP contribution < -0.4 is 5.32 Å². The maximum Gasteiger partial charge on any atom is 0.354 e. The smallest absolute Gasteiger partial charge is 0.354 e. The maximum absolute atomic E-state index is 10.6. The number of anilines is 1. The number of carbonyl (C=O) groups is 1. The van der Waals surface area contributed by atoms with E-state index in [0.29, 0.717) is 6.04 Å². The Labute approximate surface area is 75.6 Å². The fourth-order valence-electron chi connectivity index (χ4n) is 1.10. The van der Waals surface area contributed by atoms with Gasteiger partial charge in [-0.15, -0.1) is 0 Å². The van der Waals surface area contributed by atoms with Gasteiger partial charge >= 0.3 is 5.97 Å². The van der Waals surface area contributed by atoms with E-state index in [4.69, 9.17) is 5.11 Å². The molecule has 0 bridgehead atoms. The number of carboxylic acids is 1. The monoisotopic (exact) mass is 178 g/mol. The predicted molar refractivity (Wildman–Crippen MR) is 47.8 cm³/mol. The largest absolute Gasteiger partial charge is 0.477 e. The van der Waals surface area contributed by atoms with Gasteiger partial charge in [-0.25, -0.2) is 9.78 Å². The molecule has 0 aromatic carbocycles. The Kier molecular flexibility index (Phi) is 1.88. The van der Waals surface area contributed by atoms with Crippen LogP contribution in [0.15, 0.2) is 18.3 Å². The zero-order chi connectivity index (χ0) is 9.26. The van der Waals surface area contributed by atoms with Gasteiger partial charge in [0.2, 0.25) is 0 Å². The van der Waals surface area contributed by atoms with Crippen LogP contribution in [-0.2, 0) is 0 Å². The molecule has 1 aromatic rings. The molecule has 0 saturated heterocycles. The van der Waals surface area contributed by atoms with Gasteiger partial charge < -0.3 is 10.4 Å². The molecule has 68 valence electrons. The van der Waals surface area contributed by atoms with Gasteiger partial charge in [-0.2, -0.15) is 0 Å². The van der Waals surface area contributed by atoms with E-state index in [9.17, 15) is 4.79 Å². The number of aromatic nitrogens is 1. The molecule has 0 radical (unpaired) electrons. The third kappa shape index (κ3) is 1.96. The van der Waals surface area contributed by atoms with Gasteiger partial charge in [0.1, 0.15) is 5.69 Å². The molecule has 1 aliphatic rings. The Bertz CT molecular complexity index is 334. The summed E-state index contributed by atoms with van der Waals surface area (Å²) in [5, 5.41) is 11.9. The van der Waals surface area contributed by atoms with Crippen LogP contribution in [0.3, 0.4) is 0 Å². The van der Waals surface area contributed by atoms with E-state index in [1.807, 2.05) is 0 Å². The number of rotatable bonds is 3. The highest BCUT2D eigenvalue weighted by molar-refractivity contribution is 5.86. The lowest BCUT2D eigenvalue weighted by Gasteiger charge is -2.03. The van der Waals surface area contributed by atoms with E-state index >= 15 is 0 Å². The molecule has 0 unspecified atom stereocenters. The highest BCUT2D eigenvalue weighted by Gasteiger charge is 2.20. The predicted octanol–water partition coefficient (Wildman–Crippen LogP) is 1.35. The fourth-order valence-corrected chi connectivity index (χ4v) is 1.10. The molecule has 0 atom stereocenters. The second-order valence-electron chi connectivity index (χ2n) is 3.15. The molecule has 2 N–H and O–H groups in total. The van der Waals surface area contributed by atoms with Crippen LogP contribution in [0.5, 0.6) is 0 Å². The summed E-state index contributed by atoms with van der Waals surface area (Å²) in [5.41, 5.74) is 0.931. The number of nitrogens with one attached hydrogen (secondary N) is 1. The van der Waals surface area contributed by atoms with Crippen molar-refractivity contribution in [3.05, 3.63) is 24.0 Å². The van der Waals surface area contributed by atoms with Crippen molar-refractivity contribution < 1.29 is 9.90 Å². The molecule has 4 heteroatoms. The van der Waals surface area contributed by atoms with Crippen LogP contribution in [-0.4, -0.2) is 22.1 Å². The summed E-state index contributed by atoms with van der Waals surface area (Å²) in [6, 6.07) is 3.87. The van der Waals surface area contributed by atoms with Crippen LogP contribution in [0.25, 0.3) is 0 Å². The van der Waals surface area contributed by atoms with E-state index in [2.05, 4.69) is 10.3 Å². The number of pyridine rings is 1. The summed E-state index contributed by atoms with van der Waals surface area (Å²) in [6.45, 7) is 0. The quantitative estimate of drug-likeness (QED) is 0.733. The van der Waals surface area contributed by atoms with Crippen molar-refractivity contribution in [1.29, 1.82) is 0 Å². The van der Waals surface area contributed by atoms with Crippen molar-refractivity contribution in [2.24, 2.45) is 0 Å². The molecule has 1 aromatic heterocycles. The minimum Gasteiger partial charge on any atom is -0.477 e. The minimum absolute atomic E-state index is 0.0886. The normalized spacial score (nSPS) is 15.4. The summed E-state index contributed by atoms with van der Waals surface area (Å²) in [5.74, 6) is -0.987. The van der Waals surface area contributed by atoms with Crippen LogP contribution in [0, 0.1) is 0 Å². The molecule has 1 heterocycles. The third-order valence-electron chi connectivity index (χ3n) is 1.93. The Hall–Kier alpha value is -1.58.